The average Bonchev–Trinajstić information content (AvgIpc) is 2.37. The fraction of sp³-hybridized carbons (Fsp3) is 0.286. The highest BCUT2D eigenvalue weighted by atomic mass is 19.1. The number of carbonyl (C=O) groups is 2. The topological polar surface area (TPSA) is 63.6 Å². The molecule has 1 atom stereocenters. The molecule has 0 aliphatic rings. The van der Waals surface area contributed by atoms with Crippen molar-refractivity contribution in [3.8, 4) is 0 Å². The van der Waals surface area contributed by atoms with E-state index >= 15 is 0 Å². The van der Waals surface area contributed by atoms with Crippen LogP contribution in [0.15, 0.2) is 24.3 Å². The maximum atomic E-state index is 14.1. The lowest BCUT2D eigenvalue weighted by Gasteiger charge is -2.09. The first-order chi connectivity index (χ1) is 8.97. The number of esters is 1. The number of carbonyl (C=O) groups excluding carboxylic acids is 1. The highest BCUT2D eigenvalue weighted by molar-refractivity contribution is 5.87. The van der Waals surface area contributed by atoms with Crippen molar-refractivity contribution in [1.82, 2.24) is 0 Å². The van der Waals surface area contributed by atoms with Crippen LogP contribution in [-0.4, -0.2) is 23.7 Å². The first-order valence-electron chi connectivity index (χ1n) is 5.83. The molecule has 1 aromatic rings. The molecule has 102 valence electrons. The van der Waals surface area contributed by atoms with Gasteiger partial charge in [0.25, 0.3) is 0 Å². The van der Waals surface area contributed by atoms with Gasteiger partial charge in [0.1, 0.15) is 5.82 Å². The Morgan fingerprint density at radius 2 is 2.16 bits per heavy atom. The summed E-state index contributed by atoms with van der Waals surface area (Å²) in [5.41, 5.74) is 0.233. The Kier molecular flexibility index (Phi) is 5.23. The molecule has 1 rings (SSSR count). The standard InChI is InChI=1S/C14H15FO4/c1-3-19-12(16)8-7-10-5-4-6-11(13(10)15)9(2)14(17)18/h4-9H,3H2,1-2H3,(H,17,18). The van der Waals surface area contributed by atoms with Gasteiger partial charge in [-0.25, -0.2) is 9.18 Å². The van der Waals surface area contributed by atoms with Gasteiger partial charge in [0, 0.05) is 17.2 Å². The lowest BCUT2D eigenvalue weighted by atomic mass is 9.98. The van der Waals surface area contributed by atoms with Crippen molar-refractivity contribution in [3.63, 3.8) is 0 Å². The van der Waals surface area contributed by atoms with Gasteiger partial charge in [-0.3, -0.25) is 4.79 Å². The number of carboxylic acids is 1. The maximum absolute atomic E-state index is 14.1. The third-order valence-corrected chi connectivity index (χ3v) is 2.58. The smallest absolute Gasteiger partial charge is 0.330 e. The van der Waals surface area contributed by atoms with Crippen LogP contribution in [0.5, 0.6) is 0 Å². The predicted molar refractivity (Wildman–Crippen MR) is 68.1 cm³/mol. The number of carboxylic acid groups (broad SMARTS) is 1. The van der Waals surface area contributed by atoms with Crippen LogP contribution in [0.3, 0.4) is 0 Å². The molecule has 0 amide bonds. The summed E-state index contributed by atoms with van der Waals surface area (Å²) in [6.07, 6.45) is 2.38. The first-order valence-corrected chi connectivity index (χ1v) is 5.83. The van der Waals surface area contributed by atoms with E-state index in [1.807, 2.05) is 0 Å². The molecule has 0 aromatic heterocycles. The number of rotatable bonds is 5. The predicted octanol–water partition coefficient (Wildman–Crippen LogP) is 2.59. The molecule has 0 saturated carbocycles. The SMILES string of the molecule is CCOC(=O)C=Cc1cccc(C(C)C(=O)O)c1F. The number of aliphatic carboxylic acids is 1. The lowest BCUT2D eigenvalue weighted by Crippen LogP contribution is -2.10. The Morgan fingerprint density at radius 1 is 1.47 bits per heavy atom. The van der Waals surface area contributed by atoms with Crippen molar-refractivity contribution in [2.45, 2.75) is 19.8 Å². The summed E-state index contributed by atoms with van der Waals surface area (Å²) in [6, 6.07) is 4.42. The largest absolute Gasteiger partial charge is 0.481 e. The van der Waals surface area contributed by atoms with Crippen LogP contribution in [0.2, 0.25) is 0 Å². The molecule has 19 heavy (non-hydrogen) atoms. The van der Waals surface area contributed by atoms with E-state index in [0.29, 0.717) is 0 Å². The molecule has 0 spiro atoms. The van der Waals surface area contributed by atoms with E-state index in [1.165, 1.54) is 25.1 Å². The van der Waals surface area contributed by atoms with Crippen LogP contribution >= 0.6 is 0 Å². The molecule has 0 bridgehead atoms. The minimum atomic E-state index is -1.11. The molecule has 0 radical (unpaired) electrons. The highest BCUT2D eigenvalue weighted by Crippen LogP contribution is 2.22. The molecule has 0 aliphatic heterocycles. The number of ether oxygens (including phenoxy) is 1. The maximum Gasteiger partial charge on any atom is 0.330 e. The van der Waals surface area contributed by atoms with Crippen molar-refractivity contribution in [1.29, 1.82) is 0 Å². The van der Waals surface area contributed by atoms with E-state index < -0.39 is 23.7 Å². The number of halogens is 1. The van der Waals surface area contributed by atoms with Crippen molar-refractivity contribution in [3.05, 3.63) is 41.2 Å². The third kappa shape index (κ3) is 3.91. The summed E-state index contributed by atoms with van der Waals surface area (Å²) in [4.78, 5) is 22.0. The molecule has 5 heteroatoms. The Labute approximate surface area is 110 Å². The van der Waals surface area contributed by atoms with Gasteiger partial charge in [-0.05, 0) is 19.9 Å². The van der Waals surface area contributed by atoms with Gasteiger partial charge in [-0.15, -0.1) is 0 Å². The summed E-state index contributed by atoms with van der Waals surface area (Å²) >= 11 is 0. The third-order valence-electron chi connectivity index (χ3n) is 2.58. The van der Waals surface area contributed by atoms with Crippen molar-refractivity contribution in [2.24, 2.45) is 0 Å². The first kappa shape index (κ1) is 14.9. The molecule has 0 saturated heterocycles. The molecule has 1 N–H and O–H groups in total. The second-order valence-electron chi connectivity index (χ2n) is 3.90. The number of hydrogen-bond donors (Lipinski definition) is 1. The van der Waals surface area contributed by atoms with Crippen molar-refractivity contribution >= 4 is 18.0 Å². The van der Waals surface area contributed by atoms with Gasteiger partial charge in [-0.1, -0.05) is 18.2 Å². The lowest BCUT2D eigenvalue weighted by molar-refractivity contribution is -0.138. The number of benzene rings is 1. The van der Waals surface area contributed by atoms with Crippen LogP contribution in [0.25, 0.3) is 6.08 Å². The summed E-state index contributed by atoms with van der Waals surface area (Å²) < 4.78 is 18.7. The Hall–Kier alpha value is -2.17. The fourth-order valence-electron chi connectivity index (χ4n) is 1.51. The second kappa shape index (κ2) is 6.68. The second-order valence-corrected chi connectivity index (χ2v) is 3.90. The zero-order valence-corrected chi connectivity index (χ0v) is 10.7. The molecule has 0 aliphatic carbocycles. The summed E-state index contributed by atoms with van der Waals surface area (Å²) in [5, 5.41) is 8.88. The van der Waals surface area contributed by atoms with Crippen LogP contribution < -0.4 is 0 Å². The Balaban J connectivity index is 3.01. The molecule has 0 heterocycles. The van der Waals surface area contributed by atoms with Crippen molar-refractivity contribution in [2.75, 3.05) is 6.61 Å². The molecule has 1 aromatic carbocycles. The fourth-order valence-corrected chi connectivity index (χ4v) is 1.51. The van der Waals surface area contributed by atoms with Gasteiger partial charge in [-0.2, -0.15) is 0 Å². The molecular formula is C14H15FO4. The normalized spacial score (nSPS) is 12.4. The van der Waals surface area contributed by atoms with E-state index in [4.69, 9.17) is 5.11 Å². The van der Waals surface area contributed by atoms with E-state index in [9.17, 15) is 14.0 Å². The summed E-state index contributed by atoms with van der Waals surface area (Å²) in [6.45, 7) is 3.31. The van der Waals surface area contributed by atoms with E-state index in [-0.39, 0.29) is 17.7 Å². The zero-order chi connectivity index (χ0) is 14.4. The highest BCUT2D eigenvalue weighted by Gasteiger charge is 2.18. The molecule has 1 unspecified atom stereocenters. The van der Waals surface area contributed by atoms with Gasteiger partial charge in [0.15, 0.2) is 0 Å². The zero-order valence-electron chi connectivity index (χ0n) is 10.7. The molecule has 4 nitrogen and oxygen atoms in total. The minimum absolute atomic E-state index is 0.0820. The monoisotopic (exact) mass is 266 g/mol. The summed E-state index contributed by atoms with van der Waals surface area (Å²) in [5.74, 6) is -3.27. The van der Waals surface area contributed by atoms with Crippen LogP contribution in [0.4, 0.5) is 4.39 Å². The van der Waals surface area contributed by atoms with Crippen LogP contribution in [-0.2, 0) is 14.3 Å². The molecular weight excluding hydrogens is 251 g/mol. The van der Waals surface area contributed by atoms with E-state index in [2.05, 4.69) is 4.74 Å². The summed E-state index contributed by atoms with van der Waals surface area (Å²) in [7, 11) is 0. The molecule has 0 fully saturated rings. The number of hydrogen-bond acceptors (Lipinski definition) is 3. The average molecular weight is 266 g/mol. The van der Waals surface area contributed by atoms with Crippen LogP contribution in [0, 0.1) is 5.82 Å². The minimum Gasteiger partial charge on any atom is -0.481 e. The van der Waals surface area contributed by atoms with Gasteiger partial charge < -0.3 is 9.84 Å². The van der Waals surface area contributed by atoms with Crippen molar-refractivity contribution < 1.29 is 23.8 Å². The van der Waals surface area contributed by atoms with E-state index in [1.54, 1.807) is 13.0 Å². The van der Waals surface area contributed by atoms with Gasteiger partial charge >= 0.3 is 11.9 Å². The van der Waals surface area contributed by atoms with Gasteiger partial charge in [0.05, 0.1) is 12.5 Å². The Bertz CT molecular complexity index is 508. The van der Waals surface area contributed by atoms with Gasteiger partial charge in [0.2, 0.25) is 0 Å². The van der Waals surface area contributed by atoms with E-state index in [0.717, 1.165) is 6.08 Å². The Morgan fingerprint density at radius 3 is 2.74 bits per heavy atom. The quantitative estimate of drug-likeness (QED) is 0.657. The van der Waals surface area contributed by atoms with Crippen LogP contribution in [0.1, 0.15) is 30.9 Å².